The molecule has 1 aliphatic carbocycles. The van der Waals surface area contributed by atoms with Crippen molar-refractivity contribution in [3.05, 3.63) is 70.5 Å². The van der Waals surface area contributed by atoms with Crippen LogP contribution in [0.15, 0.2) is 47.6 Å². The average molecular weight is 436 g/mol. The van der Waals surface area contributed by atoms with Crippen molar-refractivity contribution < 1.29 is 14.0 Å². The summed E-state index contributed by atoms with van der Waals surface area (Å²) in [4.78, 5) is 27.5. The number of nitrogens with zero attached hydrogens (tertiary/aromatic N) is 3. The maximum absolute atomic E-state index is 13.5. The van der Waals surface area contributed by atoms with Gasteiger partial charge >= 0.3 is 0 Å². The molecule has 1 atom stereocenters. The first kappa shape index (κ1) is 22.2. The highest BCUT2D eigenvalue weighted by Crippen LogP contribution is 2.33. The Bertz CT molecular complexity index is 1040. The van der Waals surface area contributed by atoms with Crippen LogP contribution in [0.4, 0.5) is 4.39 Å². The number of aryl methyl sites for hydroxylation is 2. The number of likely N-dealkylation sites (N-methyl/N-ethyl adjacent to an activating group) is 1. The molecule has 2 amide bonds. The van der Waals surface area contributed by atoms with Crippen LogP contribution in [0.2, 0.25) is 0 Å². The Morgan fingerprint density at radius 3 is 2.41 bits per heavy atom. The fourth-order valence-electron chi connectivity index (χ4n) is 4.62. The topological polar surface area (TPSA) is 53.0 Å². The molecule has 1 aliphatic heterocycles. The van der Waals surface area contributed by atoms with Crippen LogP contribution in [0.5, 0.6) is 0 Å². The lowest BCUT2D eigenvalue weighted by Gasteiger charge is -2.26. The van der Waals surface area contributed by atoms with Gasteiger partial charge in [-0.15, -0.1) is 0 Å². The maximum Gasteiger partial charge on any atom is 0.262 e. The number of hydrogen-bond donors (Lipinski definition) is 0. The van der Waals surface area contributed by atoms with Crippen LogP contribution >= 0.6 is 0 Å². The number of hydrazone groups is 1. The lowest BCUT2D eigenvalue weighted by Crippen LogP contribution is -2.41. The molecular weight excluding hydrogens is 405 g/mol. The van der Waals surface area contributed by atoms with Crippen LogP contribution in [0.25, 0.3) is 0 Å². The van der Waals surface area contributed by atoms with Crippen LogP contribution < -0.4 is 0 Å². The van der Waals surface area contributed by atoms with Gasteiger partial charge in [0, 0.05) is 19.4 Å². The molecule has 0 bridgehead atoms. The monoisotopic (exact) mass is 435 g/mol. The summed E-state index contributed by atoms with van der Waals surface area (Å²) in [6, 6.07) is 12.0. The number of carbonyl (C=O) groups excluding carboxylic acids is 2. The molecule has 6 heteroatoms. The quantitative estimate of drug-likeness (QED) is 0.679. The van der Waals surface area contributed by atoms with Crippen LogP contribution in [0.1, 0.15) is 60.4 Å². The van der Waals surface area contributed by atoms with Gasteiger partial charge in [0.1, 0.15) is 12.4 Å². The molecule has 1 heterocycles. The number of benzene rings is 2. The van der Waals surface area contributed by atoms with Gasteiger partial charge in [0.25, 0.3) is 5.91 Å². The van der Waals surface area contributed by atoms with Gasteiger partial charge in [-0.25, -0.2) is 9.40 Å². The number of amides is 2. The summed E-state index contributed by atoms with van der Waals surface area (Å²) >= 11 is 0. The van der Waals surface area contributed by atoms with E-state index >= 15 is 0 Å². The van der Waals surface area contributed by atoms with Gasteiger partial charge in [0.2, 0.25) is 5.91 Å². The van der Waals surface area contributed by atoms with Crippen molar-refractivity contribution in [2.24, 2.45) is 11.0 Å². The van der Waals surface area contributed by atoms with Gasteiger partial charge < -0.3 is 4.90 Å². The first-order valence-electron chi connectivity index (χ1n) is 11.3. The molecule has 2 aliphatic rings. The molecule has 0 radical (unpaired) electrons. The lowest BCUT2D eigenvalue weighted by molar-refractivity contribution is -0.142. The van der Waals surface area contributed by atoms with E-state index in [-0.39, 0.29) is 36.1 Å². The Balaban J connectivity index is 1.58. The Kier molecular flexibility index (Phi) is 6.40. The van der Waals surface area contributed by atoms with Gasteiger partial charge in [-0.3, -0.25) is 9.59 Å². The van der Waals surface area contributed by atoms with E-state index in [1.54, 1.807) is 19.2 Å². The highest BCUT2D eigenvalue weighted by atomic mass is 19.1. The zero-order chi connectivity index (χ0) is 22.8. The molecule has 1 unspecified atom stereocenters. The van der Waals surface area contributed by atoms with Crippen molar-refractivity contribution in [2.75, 3.05) is 13.6 Å². The average Bonchev–Trinajstić information content (AvgIpc) is 3.46. The molecule has 5 nitrogen and oxygen atoms in total. The molecule has 2 aromatic rings. The normalized spacial score (nSPS) is 18.7. The van der Waals surface area contributed by atoms with Crippen molar-refractivity contribution in [1.29, 1.82) is 0 Å². The summed E-state index contributed by atoms with van der Waals surface area (Å²) in [6.45, 7) is 4.10. The standard InChI is InChI=1S/C26H30FN3O2/c1-17-8-9-21(14-18(17)2)23-15-24(19-10-12-22(27)13-11-19)30(28-23)25(31)16-29(3)26(32)20-6-4-5-7-20/h8-14,20,24H,4-7,15-16H2,1-3H3. The molecule has 32 heavy (non-hydrogen) atoms. The van der Waals surface area contributed by atoms with Gasteiger partial charge in [-0.1, -0.05) is 37.1 Å². The highest BCUT2D eigenvalue weighted by molar-refractivity contribution is 6.03. The zero-order valence-corrected chi connectivity index (χ0v) is 19.0. The fourth-order valence-corrected chi connectivity index (χ4v) is 4.62. The van der Waals surface area contributed by atoms with E-state index in [9.17, 15) is 14.0 Å². The predicted molar refractivity (Wildman–Crippen MR) is 123 cm³/mol. The van der Waals surface area contributed by atoms with E-state index < -0.39 is 0 Å². The van der Waals surface area contributed by atoms with Crippen LogP contribution in [0, 0.1) is 25.6 Å². The molecule has 0 aromatic heterocycles. The fraction of sp³-hybridized carbons (Fsp3) is 0.423. The van der Waals surface area contributed by atoms with Crippen LogP contribution in [-0.2, 0) is 9.59 Å². The van der Waals surface area contributed by atoms with E-state index in [0.717, 1.165) is 48.1 Å². The Morgan fingerprint density at radius 2 is 1.75 bits per heavy atom. The first-order valence-corrected chi connectivity index (χ1v) is 11.3. The highest BCUT2D eigenvalue weighted by Gasteiger charge is 2.35. The second-order valence-corrected chi connectivity index (χ2v) is 9.03. The SMILES string of the molecule is Cc1ccc(C2=NN(C(=O)CN(C)C(=O)C3CCCC3)C(c3ccc(F)cc3)C2)cc1C. The molecule has 1 fully saturated rings. The number of halogens is 1. The molecular formula is C26H30FN3O2. The molecule has 0 N–H and O–H groups in total. The minimum absolute atomic E-state index is 0.0171. The molecule has 1 saturated carbocycles. The Labute approximate surface area is 188 Å². The van der Waals surface area contributed by atoms with Crippen molar-refractivity contribution in [1.82, 2.24) is 9.91 Å². The zero-order valence-electron chi connectivity index (χ0n) is 19.0. The molecule has 2 aromatic carbocycles. The van der Waals surface area contributed by atoms with E-state index in [1.165, 1.54) is 27.6 Å². The van der Waals surface area contributed by atoms with Gasteiger partial charge in [-0.2, -0.15) is 5.10 Å². The van der Waals surface area contributed by atoms with Gasteiger partial charge in [0.05, 0.1) is 11.8 Å². The minimum atomic E-state index is -0.324. The summed E-state index contributed by atoms with van der Waals surface area (Å²) in [7, 11) is 1.69. The maximum atomic E-state index is 13.5. The lowest BCUT2D eigenvalue weighted by atomic mass is 9.96. The molecule has 0 spiro atoms. The third-order valence-corrected chi connectivity index (χ3v) is 6.71. The van der Waals surface area contributed by atoms with Crippen molar-refractivity contribution in [3.8, 4) is 0 Å². The van der Waals surface area contributed by atoms with Crippen molar-refractivity contribution in [3.63, 3.8) is 0 Å². The summed E-state index contributed by atoms with van der Waals surface area (Å²) in [5, 5.41) is 6.17. The third-order valence-electron chi connectivity index (χ3n) is 6.71. The molecule has 0 saturated heterocycles. The van der Waals surface area contributed by atoms with E-state index in [0.29, 0.717) is 6.42 Å². The third kappa shape index (κ3) is 4.59. The van der Waals surface area contributed by atoms with Crippen LogP contribution in [0.3, 0.4) is 0 Å². The first-order chi connectivity index (χ1) is 15.3. The number of carbonyl (C=O) groups is 2. The Hall–Kier alpha value is -3.02. The van der Waals surface area contributed by atoms with E-state index in [1.807, 2.05) is 6.07 Å². The Morgan fingerprint density at radius 1 is 1.06 bits per heavy atom. The largest absolute Gasteiger partial charge is 0.336 e. The summed E-state index contributed by atoms with van der Waals surface area (Å²) < 4.78 is 13.5. The van der Waals surface area contributed by atoms with Crippen molar-refractivity contribution in [2.45, 2.75) is 52.0 Å². The summed E-state index contributed by atoms with van der Waals surface area (Å²) in [5.74, 6) is -0.491. The number of hydrogen-bond acceptors (Lipinski definition) is 3. The summed E-state index contributed by atoms with van der Waals surface area (Å²) in [5.41, 5.74) is 4.98. The van der Waals surface area contributed by atoms with E-state index in [2.05, 4.69) is 31.1 Å². The second kappa shape index (κ2) is 9.23. The smallest absolute Gasteiger partial charge is 0.262 e. The second-order valence-electron chi connectivity index (χ2n) is 9.03. The molecule has 4 rings (SSSR count). The van der Waals surface area contributed by atoms with E-state index in [4.69, 9.17) is 0 Å². The molecule has 168 valence electrons. The minimum Gasteiger partial charge on any atom is -0.336 e. The van der Waals surface area contributed by atoms with Gasteiger partial charge in [0.15, 0.2) is 0 Å². The van der Waals surface area contributed by atoms with Crippen molar-refractivity contribution >= 4 is 17.5 Å². The predicted octanol–water partition coefficient (Wildman–Crippen LogP) is 4.77. The summed E-state index contributed by atoms with van der Waals surface area (Å²) in [6.07, 6.45) is 4.48. The van der Waals surface area contributed by atoms with Gasteiger partial charge in [-0.05, 0) is 67.1 Å². The number of rotatable bonds is 5. The van der Waals surface area contributed by atoms with Crippen LogP contribution in [-0.4, -0.2) is 41.0 Å².